The quantitative estimate of drug-likeness (QED) is 0.758. The molecule has 0 bridgehead atoms. The van der Waals surface area contributed by atoms with E-state index in [9.17, 15) is 4.79 Å². The molecule has 0 amide bonds. The van der Waals surface area contributed by atoms with Crippen LogP contribution in [0.4, 0.5) is 0 Å². The lowest BCUT2D eigenvalue weighted by Crippen LogP contribution is -2.04. The molecule has 0 aliphatic heterocycles. The number of carbonyl (C=O) groups excluding carboxylic acids is 1. The molecule has 3 rings (SSSR count). The van der Waals surface area contributed by atoms with Gasteiger partial charge in [-0.1, -0.05) is 26.0 Å². The number of nitrogens with zero attached hydrogens (tertiary/aromatic N) is 1. The van der Waals surface area contributed by atoms with E-state index in [1.165, 1.54) is 10.9 Å². The molecule has 1 aromatic carbocycles. The lowest BCUT2D eigenvalue weighted by molar-refractivity contribution is -0.119. The largest absolute Gasteiger partial charge is 0.354 e. The number of aromatic nitrogens is 2. The number of benzene rings is 1. The average molecular weight is 280 g/mol. The second kappa shape index (κ2) is 5.68. The third-order valence-corrected chi connectivity index (χ3v) is 3.79. The second-order valence-corrected chi connectivity index (χ2v) is 6.06. The van der Waals surface area contributed by atoms with Crippen LogP contribution in [0.5, 0.6) is 0 Å². The Labute approximate surface area is 124 Å². The van der Waals surface area contributed by atoms with Gasteiger partial charge in [0, 0.05) is 47.0 Å². The molecule has 3 heteroatoms. The van der Waals surface area contributed by atoms with E-state index >= 15 is 0 Å². The molecule has 0 saturated heterocycles. The van der Waals surface area contributed by atoms with Gasteiger partial charge in [0.05, 0.1) is 0 Å². The molecule has 0 saturated carbocycles. The van der Waals surface area contributed by atoms with Gasteiger partial charge in [0.15, 0.2) is 0 Å². The number of H-pyrrole nitrogens is 1. The molecule has 21 heavy (non-hydrogen) atoms. The Hall–Kier alpha value is -2.16. The summed E-state index contributed by atoms with van der Waals surface area (Å²) in [4.78, 5) is 19.4. The average Bonchev–Trinajstić information content (AvgIpc) is 2.82. The first-order chi connectivity index (χ1) is 10.1. The summed E-state index contributed by atoms with van der Waals surface area (Å²) in [5.41, 5.74) is 3.43. The van der Waals surface area contributed by atoms with Crippen LogP contribution >= 0.6 is 0 Å². The molecule has 0 atom stereocenters. The maximum atomic E-state index is 11.8. The zero-order chi connectivity index (χ0) is 14.8. The van der Waals surface area contributed by atoms with Crippen molar-refractivity contribution in [3.8, 4) is 0 Å². The van der Waals surface area contributed by atoms with Crippen LogP contribution < -0.4 is 0 Å². The SMILES string of the molecule is CC(C)CC(=O)CCc1ccc2c(c1)[nH]c1ccncc12. The summed E-state index contributed by atoms with van der Waals surface area (Å²) in [5, 5.41) is 2.34. The van der Waals surface area contributed by atoms with Gasteiger partial charge in [0.25, 0.3) is 0 Å². The van der Waals surface area contributed by atoms with Crippen molar-refractivity contribution in [2.24, 2.45) is 5.92 Å². The minimum Gasteiger partial charge on any atom is -0.354 e. The van der Waals surface area contributed by atoms with Crippen LogP contribution in [-0.4, -0.2) is 15.8 Å². The molecule has 1 N–H and O–H groups in total. The van der Waals surface area contributed by atoms with Gasteiger partial charge in [-0.2, -0.15) is 0 Å². The van der Waals surface area contributed by atoms with Gasteiger partial charge in [0.1, 0.15) is 5.78 Å². The molecular weight excluding hydrogens is 260 g/mol. The minimum absolute atomic E-state index is 0.353. The number of hydrogen-bond acceptors (Lipinski definition) is 2. The van der Waals surface area contributed by atoms with Crippen LogP contribution in [0.15, 0.2) is 36.7 Å². The molecule has 0 spiro atoms. The zero-order valence-corrected chi connectivity index (χ0v) is 12.5. The van der Waals surface area contributed by atoms with Crippen molar-refractivity contribution in [1.82, 2.24) is 9.97 Å². The van der Waals surface area contributed by atoms with Gasteiger partial charge in [-0.15, -0.1) is 0 Å². The number of carbonyl (C=O) groups is 1. The van der Waals surface area contributed by atoms with Crippen molar-refractivity contribution < 1.29 is 4.79 Å². The number of hydrogen-bond donors (Lipinski definition) is 1. The van der Waals surface area contributed by atoms with Crippen molar-refractivity contribution >= 4 is 27.6 Å². The first-order valence-electron chi connectivity index (χ1n) is 7.49. The third kappa shape index (κ3) is 2.97. The maximum absolute atomic E-state index is 11.8. The Morgan fingerprint density at radius 2 is 2.05 bits per heavy atom. The third-order valence-electron chi connectivity index (χ3n) is 3.79. The topological polar surface area (TPSA) is 45.8 Å². The van der Waals surface area contributed by atoms with E-state index in [4.69, 9.17) is 0 Å². The Morgan fingerprint density at radius 3 is 2.86 bits per heavy atom. The van der Waals surface area contributed by atoms with Crippen molar-refractivity contribution in [2.75, 3.05) is 0 Å². The molecule has 2 heterocycles. The van der Waals surface area contributed by atoms with Gasteiger partial charge in [0.2, 0.25) is 0 Å². The lowest BCUT2D eigenvalue weighted by atomic mass is 10.0. The van der Waals surface area contributed by atoms with Crippen LogP contribution in [0.25, 0.3) is 21.8 Å². The fraction of sp³-hybridized carbons (Fsp3) is 0.333. The monoisotopic (exact) mass is 280 g/mol. The highest BCUT2D eigenvalue weighted by Crippen LogP contribution is 2.25. The number of rotatable bonds is 5. The summed E-state index contributed by atoms with van der Waals surface area (Å²) in [7, 11) is 0. The van der Waals surface area contributed by atoms with Crippen LogP contribution in [-0.2, 0) is 11.2 Å². The van der Waals surface area contributed by atoms with Crippen LogP contribution in [0.1, 0.15) is 32.3 Å². The fourth-order valence-electron chi connectivity index (χ4n) is 2.79. The fourth-order valence-corrected chi connectivity index (χ4v) is 2.79. The Kier molecular flexibility index (Phi) is 3.74. The van der Waals surface area contributed by atoms with Gasteiger partial charge < -0.3 is 4.98 Å². The highest BCUT2D eigenvalue weighted by atomic mass is 16.1. The summed E-state index contributed by atoms with van der Waals surface area (Å²) in [5.74, 6) is 0.798. The van der Waals surface area contributed by atoms with Gasteiger partial charge in [-0.05, 0) is 30.0 Å². The number of aromatic amines is 1. The van der Waals surface area contributed by atoms with E-state index in [1.54, 1.807) is 6.20 Å². The number of fused-ring (bicyclic) bond motifs is 3. The smallest absolute Gasteiger partial charge is 0.133 e. The van der Waals surface area contributed by atoms with Crippen LogP contribution in [0, 0.1) is 5.92 Å². The number of nitrogens with one attached hydrogen (secondary N) is 1. The Morgan fingerprint density at radius 1 is 1.19 bits per heavy atom. The van der Waals surface area contributed by atoms with Gasteiger partial charge in [-0.25, -0.2) is 0 Å². The van der Waals surface area contributed by atoms with E-state index in [-0.39, 0.29) is 0 Å². The predicted molar refractivity (Wildman–Crippen MR) is 86.4 cm³/mol. The Bertz CT molecular complexity index is 786. The first-order valence-corrected chi connectivity index (χ1v) is 7.49. The number of pyridine rings is 1. The lowest BCUT2D eigenvalue weighted by Gasteiger charge is -2.04. The molecule has 0 fully saturated rings. The molecular formula is C18H20N2O. The zero-order valence-electron chi connectivity index (χ0n) is 12.5. The maximum Gasteiger partial charge on any atom is 0.133 e. The van der Waals surface area contributed by atoms with Crippen LogP contribution in [0.3, 0.4) is 0 Å². The van der Waals surface area contributed by atoms with E-state index < -0.39 is 0 Å². The Balaban J connectivity index is 1.81. The highest BCUT2D eigenvalue weighted by molar-refractivity contribution is 6.06. The summed E-state index contributed by atoms with van der Waals surface area (Å²) in [6.45, 7) is 4.17. The number of Topliss-reactive ketones (excluding diaryl/α,β-unsaturated/α-hetero) is 1. The molecule has 108 valence electrons. The second-order valence-electron chi connectivity index (χ2n) is 6.06. The summed E-state index contributed by atoms with van der Waals surface area (Å²) in [6, 6.07) is 8.38. The predicted octanol–water partition coefficient (Wildman–Crippen LogP) is 4.26. The standard InChI is InChI=1S/C18H20N2O/c1-12(2)9-14(21)5-3-13-4-6-15-16-11-19-8-7-17(16)20-18(15)10-13/h4,6-8,10-12,20H,3,5,9H2,1-2H3. The van der Waals surface area contributed by atoms with Crippen molar-refractivity contribution in [3.05, 3.63) is 42.2 Å². The van der Waals surface area contributed by atoms with E-state index in [0.29, 0.717) is 24.5 Å². The van der Waals surface area contributed by atoms with E-state index in [2.05, 4.69) is 42.0 Å². The van der Waals surface area contributed by atoms with E-state index in [1.807, 2.05) is 12.3 Å². The van der Waals surface area contributed by atoms with E-state index in [0.717, 1.165) is 22.8 Å². The van der Waals surface area contributed by atoms with Crippen molar-refractivity contribution in [3.63, 3.8) is 0 Å². The highest BCUT2D eigenvalue weighted by Gasteiger charge is 2.08. The summed E-state index contributed by atoms with van der Waals surface area (Å²) in [6.07, 6.45) is 5.81. The molecule has 3 nitrogen and oxygen atoms in total. The summed E-state index contributed by atoms with van der Waals surface area (Å²) < 4.78 is 0. The molecule has 3 aromatic rings. The number of ketones is 1. The van der Waals surface area contributed by atoms with Gasteiger partial charge >= 0.3 is 0 Å². The molecule has 0 aliphatic carbocycles. The molecule has 2 aromatic heterocycles. The summed E-state index contributed by atoms with van der Waals surface area (Å²) >= 11 is 0. The normalized spacial score (nSPS) is 11.6. The number of aryl methyl sites for hydroxylation is 1. The van der Waals surface area contributed by atoms with Crippen molar-refractivity contribution in [1.29, 1.82) is 0 Å². The van der Waals surface area contributed by atoms with Gasteiger partial charge in [-0.3, -0.25) is 9.78 Å². The molecule has 0 unspecified atom stereocenters. The van der Waals surface area contributed by atoms with Crippen LogP contribution in [0.2, 0.25) is 0 Å². The molecule has 0 aliphatic rings. The first kappa shape index (κ1) is 13.8. The van der Waals surface area contributed by atoms with Crippen molar-refractivity contribution in [2.45, 2.75) is 33.1 Å². The molecule has 0 radical (unpaired) electrons. The minimum atomic E-state index is 0.353.